The van der Waals surface area contributed by atoms with Crippen molar-refractivity contribution in [1.29, 1.82) is 0 Å². The molecule has 1 aliphatic carbocycles. The number of rotatable bonds is 4. The van der Waals surface area contributed by atoms with Crippen molar-refractivity contribution in [2.75, 3.05) is 0 Å². The van der Waals surface area contributed by atoms with Crippen molar-refractivity contribution in [2.24, 2.45) is 5.92 Å². The molecule has 1 fully saturated rings. The molecule has 14 heavy (non-hydrogen) atoms. The number of hydrogen-bond acceptors (Lipinski definition) is 2. The van der Waals surface area contributed by atoms with Crippen LogP contribution in [0, 0.1) is 5.92 Å². The maximum Gasteiger partial charge on any atom is 0.293 e. The van der Waals surface area contributed by atoms with Crippen LogP contribution in [0.3, 0.4) is 0 Å². The van der Waals surface area contributed by atoms with Crippen molar-refractivity contribution in [3.63, 3.8) is 0 Å². The first-order valence-electron chi connectivity index (χ1n) is 4.94. The molecule has 1 aromatic carbocycles. The fourth-order valence-corrected chi connectivity index (χ4v) is 1.90. The Balaban J connectivity index is 2.30. The fourth-order valence-electron chi connectivity index (χ4n) is 1.90. The van der Waals surface area contributed by atoms with Gasteiger partial charge in [0.25, 0.3) is 6.47 Å². The highest BCUT2D eigenvalue weighted by Crippen LogP contribution is 2.47. The van der Waals surface area contributed by atoms with Crippen LogP contribution >= 0.6 is 0 Å². The largest absolute Gasteiger partial charge is 0.456 e. The summed E-state index contributed by atoms with van der Waals surface area (Å²) in [5.41, 5.74) is 0.679. The van der Waals surface area contributed by atoms with Crippen LogP contribution in [0.25, 0.3) is 0 Å². The highest BCUT2D eigenvalue weighted by Gasteiger charge is 2.44. The lowest BCUT2D eigenvalue weighted by molar-refractivity contribution is -0.145. The predicted molar refractivity (Wildman–Crippen MR) is 53.7 cm³/mol. The first kappa shape index (κ1) is 9.25. The average Bonchev–Trinajstić information content (AvgIpc) is 3.03. The Kier molecular flexibility index (Phi) is 2.28. The zero-order valence-electron chi connectivity index (χ0n) is 8.27. The van der Waals surface area contributed by atoms with Crippen LogP contribution in [0.2, 0.25) is 0 Å². The molecule has 0 N–H and O–H groups in total. The average molecular weight is 190 g/mol. The second-order valence-corrected chi connectivity index (χ2v) is 3.96. The molecular weight excluding hydrogens is 176 g/mol. The molecule has 1 saturated carbocycles. The van der Waals surface area contributed by atoms with Crippen LogP contribution in [-0.4, -0.2) is 6.47 Å². The lowest BCUT2D eigenvalue weighted by Crippen LogP contribution is -2.27. The summed E-state index contributed by atoms with van der Waals surface area (Å²) in [6.45, 7) is 2.56. The maximum absolute atomic E-state index is 10.5. The summed E-state index contributed by atoms with van der Waals surface area (Å²) in [5, 5.41) is 0. The van der Waals surface area contributed by atoms with Gasteiger partial charge in [-0.05, 0) is 25.3 Å². The molecule has 1 atom stereocenters. The van der Waals surface area contributed by atoms with Crippen LogP contribution < -0.4 is 0 Å². The minimum atomic E-state index is -0.414. The maximum atomic E-state index is 10.5. The molecule has 0 amide bonds. The standard InChI is InChI=1S/C12H14O2/c1-12(14-9-13,11-7-8-11)10-5-3-2-4-6-10/h2-6,9,11H,7-8H2,1H3. The van der Waals surface area contributed by atoms with Gasteiger partial charge in [0.2, 0.25) is 0 Å². The van der Waals surface area contributed by atoms with Crippen molar-refractivity contribution in [3.8, 4) is 0 Å². The summed E-state index contributed by atoms with van der Waals surface area (Å²) >= 11 is 0. The molecule has 0 bridgehead atoms. The number of carbonyl (C=O) groups is 1. The molecule has 0 aliphatic heterocycles. The van der Waals surface area contributed by atoms with Crippen molar-refractivity contribution in [1.82, 2.24) is 0 Å². The number of ether oxygens (including phenoxy) is 1. The van der Waals surface area contributed by atoms with E-state index in [0.717, 1.165) is 18.4 Å². The number of carbonyl (C=O) groups excluding carboxylic acids is 1. The van der Waals surface area contributed by atoms with Gasteiger partial charge in [0.1, 0.15) is 5.60 Å². The molecule has 0 heterocycles. The summed E-state index contributed by atoms with van der Waals surface area (Å²) < 4.78 is 5.26. The van der Waals surface area contributed by atoms with Gasteiger partial charge >= 0.3 is 0 Å². The van der Waals surface area contributed by atoms with E-state index >= 15 is 0 Å². The van der Waals surface area contributed by atoms with Gasteiger partial charge in [0.05, 0.1) is 0 Å². The van der Waals surface area contributed by atoms with Gasteiger partial charge in [0, 0.05) is 5.92 Å². The number of benzene rings is 1. The molecule has 1 aromatic rings. The van der Waals surface area contributed by atoms with Gasteiger partial charge < -0.3 is 4.74 Å². The lowest BCUT2D eigenvalue weighted by Gasteiger charge is -2.28. The Morgan fingerprint density at radius 1 is 1.36 bits per heavy atom. The molecular formula is C12H14O2. The van der Waals surface area contributed by atoms with E-state index in [4.69, 9.17) is 4.74 Å². The molecule has 74 valence electrons. The molecule has 2 rings (SSSR count). The number of hydrogen-bond donors (Lipinski definition) is 0. The summed E-state index contributed by atoms with van der Waals surface area (Å²) in [6, 6.07) is 9.95. The van der Waals surface area contributed by atoms with Crippen LogP contribution in [0.4, 0.5) is 0 Å². The first-order valence-corrected chi connectivity index (χ1v) is 4.94. The second kappa shape index (κ2) is 3.45. The normalized spacial score (nSPS) is 19.8. The van der Waals surface area contributed by atoms with E-state index in [0.29, 0.717) is 12.4 Å². The van der Waals surface area contributed by atoms with Gasteiger partial charge in [-0.1, -0.05) is 30.3 Å². The third-order valence-electron chi connectivity index (χ3n) is 3.00. The van der Waals surface area contributed by atoms with Crippen molar-refractivity contribution < 1.29 is 9.53 Å². The van der Waals surface area contributed by atoms with E-state index in [2.05, 4.69) is 0 Å². The Labute approximate surface area is 83.9 Å². The van der Waals surface area contributed by atoms with Crippen molar-refractivity contribution >= 4 is 6.47 Å². The van der Waals surface area contributed by atoms with E-state index in [9.17, 15) is 4.79 Å². The first-order chi connectivity index (χ1) is 6.77. The van der Waals surface area contributed by atoms with Crippen LogP contribution in [0.5, 0.6) is 0 Å². The van der Waals surface area contributed by atoms with E-state index < -0.39 is 5.60 Å². The minimum Gasteiger partial charge on any atom is -0.456 e. The van der Waals surface area contributed by atoms with E-state index in [1.807, 2.05) is 37.3 Å². The summed E-state index contributed by atoms with van der Waals surface area (Å²) in [4.78, 5) is 10.5. The zero-order chi connectivity index (χ0) is 10.0. The fraction of sp³-hybridized carbons (Fsp3) is 0.417. The van der Waals surface area contributed by atoms with Crippen molar-refractivity contribution in [3.05, 3.63) is 35.9 Å². The Bertz CT molecular complexity index is 316. The van der Waals surface area contributed by atoms with Gasteiger partial charge in [0.15, 0.2) is 0 Å². The lowest BCUT2D eigenvalue weighted by atomic mass is 9.91. The third-order valence-corrected chi connectivity index (χ3v) is 3.00. The molecule has 1 aliphatic rings. The smallest absolute Gasteiger partial charge is 0.293 e. The van der Waals surface area contributed by atoms with E-state index in [-0.39, 0.29) is 0 Å². The van der Waals surface area contributed by atoms with Crippen LogP contribution in [0.15, 0.2) is 30.3 Å². The van der Waals surface area contributed by atoms with Gasteiger partial charge in [-0.15, -0.1) is 0 Å². The van der Waals surface area contributed by atoms with Crippen molar-refractivity contribution in [2.45, 2.75) is 25.4 Å². The SMILES string of the molecule is CC(OC=O)(c1ccccc1)C1CC1. The minimum absolute atomic E-state index is 0.414. The quantitative estimate of drug-likeness (QED) is 0.682. The molecule has 2 nitrogen and oxygen atoms in total. The van der Waals surface area contributed by atoms with E-state index in [1.54, 1.807) is 0 Å². The summed E-state index contributed by atoms with van der Waals surface area (Å²) in [7, 11) is 0. The molecule has 0 saturated heterocycles. The van der Waals surface area contributed by atoms with Gasteiger partial charge in [-0.25, -0.2) is 0 Å². The monoisotopic (exact) mass is 190 g/mol. The molecule has 0 radical (unpaired) electrons. The van der Waals surface area contributed by atoms with E-state index in [1.165, 1.54) is 0 Å². The molecule has 2 heteroatoms. The molecule has 0 aromatic heterocycles. The second-order valence-electron chi connectivity index (χ2n) is 3.96. The molecule has 0 spiro atoms. The summed E-state index contributed by atoms with van der Waals surface area (Å²) in [5.74, 6) is 0.495. The zero-order valence-corrected chi connectivity index (χ0v) is 8.27. The topological polar surface area (TPSA) is 26.3 Å². The predicted octanol–water partition coefficient (Wildman–Crippen LogP) is 2.48. The van der Waals surface area contributed by atoms with Gasteiger partial charge in [-0.2, -0.15) is 0 Å². The van der Waals surface area contributed by atoms with Crippen LogP contribution in [0.1, 0.15) is 25.3 Å². The van der Waals surface area contributed by atoms with Gasteiger partial charge in [-0.3, -0.25) is 4.79 Å². The Hall–Kier alpha value is -1.31. The third kappa shape index (κ3) is 1.52. The summed E-state index contributed by atoms with van der Waals surface area (Å²) in [6.07, 6.45) is 2.30. The molecule has 1 unspecified atom stereocenters. The van der Waals surface area contributed by atoms with Crippen LogP contribution in [-0.2, 0) is 15.1 Å². The highest BCUT2D eigenvalue weighted by atomic mass is 16.5. The Morgan fingerprint density at radius 3 is 2.50 bits per heavy atom. The highest BCUT2D eigenvalue weighted by molar-refractivity contribution is 5.41. The Morgan fingerprint density at radius 2 is 2.00 bits per heavy atom.